The van der Waals surface area contributed by atoms with Crippen molar-refractivity contribution in [1.29, 1.82) is 0 Å². The van der Waals surface area contributed by atoms with Crippen molar-refractivity contribution >= 4 is 22.2 Å². The van der Waals surface area contributed by atoms with E-state index in [-0.39, 0.29) is 6.61 Å². The zero-order valence-electron chi connectivity index (χ0n) is 15.0. The van der Waals surface area contributed by atoms with Crippen LogP contribution < -0.4 is 0 Å². The summed E-state index contributed by atoms with van der Waals surface area (Å²) in [5.74, 6) is 0.431. The molecule has 0 saturated heterocycles. The van der Waals surface area contributed by atoms with E-state index < -0.39 is 0 Å². The molecular formula is C21H21N5O. The molecule has 1 aliphatic rings. The maximum absolute atomic E-state index is 9.38. The second-order valence-corrected chi connectivity index (χ2v) is 7.29. The van der Waals surface area contributed by atoms with Crippen molar-refractivity contribution in [2.75, 3.05) is 6.61 Å². The number of pyridine rings is 1. The number of hydrogen-bond acceptors (Lipinski definition) is 5. The van der Waals surface area contributed by atoms with Gasteiger partial charge in [-0.2, -0.15) is 0 Å². The number of rotatable bonds is 3. The summed E-state index contributed by atoms with van der Waals surface area (Å²) in [6, 6.07) is 10.5. The van der Waals surface area contributed by atoms with Gasteiger partial charge in [0.1, 0.15) is 0 Å². The Labute approximate surface area is 156 Å². The van der Waals surface area contributed by atoms with E-state index in [4.69, 9.17) is 4.98 Å². The third-order valence-corrected chi connectivity index (χ3v) is 5.67. The predicted octanol–water partition coefficient (Wildman–Crippen LogP) is 3.77. The van der Waals surface area contributed by atoms with E-state index in [2.05, 4.69) is 31.7 Å². The van der Waals surface area contributed by atoms with Crippen molar-refractivity contribution in [3.05, 3.63) is 49.1 Å². The molecule has 0 spiro atoms. The fraction of sp³-hybridized carbons (Fsp3) is 0.333. The van der Waals surface area contributed by atoms with Gasteiger partial charge < -0.3 is 9.67 Å². The SMILES string of the molecule is OCC1CCC(n2cnc3ncc(-c4cccc5ncccc45)nc32)CC1. The Hall–Kier alpha value is -2.86. The van der Waals surface area contributed by atoms with Gasteiger partial charge in [-0.3, -0.25) is 4.98 Å². The van der Waals surface area contributed by atoms with E-state index in [1.165, 1.54) is 0 Å². The first-order chi connectivity index (χ1) is 13.3. The van der Waals surface area contributed by atoms with Crippen molar-refractivity contribution in [3.63, 3.8) is 0 Å². The number of hydrogen-bond donors (Lipinski definition) is 1. The summed E-state index contributed by atoms with van der Waals surface area (Å²) in [5.41, 5.74) is 4.34. The van der Waals surface area contributed by atoms with Gasteiger partial charge in [-0.05, 0) is 43.7 Å². The normalized spacial score (nSPS) is 20.3. The van der Waals surface area contributed by atoms with E-state index in [1.807, 2.05) is 24.5 Å². The Bertz CT molecular complexity index is 1090. The highest BCUT2D eigenvalue weighted by Gasteiger charge is 2.24. The van der Waals surface area contributed by atoms with Gasteiger partial charge in [0.15, 0.2) is 11.3 Å². The standard InChI is InChI=1S/C21H21N5O/c27-12-14-6-8-15(9-7-14)26-13-24-20-21(26)25-19(11-23-20)17-3-1-5-18-16(17)4-2-10-22-18/h1-5,10-11,13-15,27H,6-9,12H2. The van der Waals surface area contributed by atoms with Crippen LogP contribution in [0.1, 0.15) is 31.7 Å². The molecular weight excluding hydrogens is 338 g/mol. The highest BCUT2D eigenvalue weighted by molar-refractivity contribution is 5.93. The molecule has 5 rings (SSSR count). The molecule has 1 N–H and O–H groups in total. The van der Waals surface area contributed by atoms with Gasteiger partial charge >= 0.3 is 0 Å². The minimum Gasteiger partial charge on any atom is -0.396 e. The van der Waals surface area contributed by atoms with Crippen molar-refractivity contribution in [3.8, 4) is 11.3 Å². The molecule has 27 heavy (non-hydrogen) atoms. The second kappa shape index (κ2) is 6.70. The third-order valence-electron chi connectivity index (χ3n) is 5.67. The summed E-state index contributed by atoms with van der Waals surface area (Å²) in [7, 11) is 0. The first-order valence-electron chi connectivity index (χ1n) is 9.48. The van der Waals surface area contributed by atoms with Crippen LogP contribution in [-0.4, -0.2) is 36.2 Å². The fourth-order valence-electron chi connectivity index (χ4n) is 4.14. The van der Waals surface area contributed by atoms with Gasteiger partial charge in [-0.1, -0.05) is 18.2 Å². The van der Waals surface area contributed by atoms with Crippen LogP contribution in [-0.2, 0) is 0 Å². The number of imidazole rings is 1. The van der Waals surface area contributed by atoms with E-state index in [0.717, 1.165) is 53.5 Å². The van der Waals surface area contributed by atoms with Crippen LogP contribution in [0.5, 0.6) is 0 Å². The summed E-state index contributed by atoms with van der Waals surface area (Å²) in [6.07, 6.45) is 9.64. The third kappa shape index (κ3) is 2.86. The van der Waals surface area contributed by atoms with Gasteiger partial charge in [0.25, 0.3) is 0 Å². The number of aromatic nitrogens is 5. The monoisotopic (exact) mass is 359 g/mol. The fourth-order valence-corrected chi connectivity index (χ4v) is 4.14. The molecule has 0 aliphatic heterocycles. The van der Waals surface area contributed by atoms with Crippen LogP contribution in [0.15, 0.2) is 49.1 Å². The lowest BCUT2D eigenvalue weighted by molar-refractivity contribution is 0.169. The molecule has 6 nitrogen and oxygen atoms in total. The van der Waals surface area contributed by atoms with Crippen molar-refractivity contribution in [2.24, 2.45) is 5.92 Å². The Morgan fingerprint density at radius 1 is 1.00 bits per heavy atom. The molecule has 0 atom stereocenters. The number of fused-ring (bicyclic) bond motifs is 2. The molecule has 3 heterocycles. The first kappa shape index (κ1) is 16.3. The van der Waals surface area contributed by atoms with Crippen molar-refractivity contribution in [1.82, 2.24) is 24.5 Å². The Balaban J connectivity index is 1.57. The van der Waals surface area contributed by atoms with E-state index in [0.29, 0.717) is 17.6 Å². The average Bonchev–Trinajstić information content (AvgIpc) is 3.16. The van der Waals surface area contributed by atoms with Gasteiger partial charge in [-0.15, -0.1) is 0 Å². The summed E-state index contributed by atoms with van der Waals surface area (Å²) in [4.78, 5) is 18.4. The number of benzene rings is 1. The summed E-state index contributed by atoms with van der Waals surface area (Å²) in [5, 5.41) is 10.5. The van der Waals surface area contributed by atoms with Crippen molar-refractivity contribution < 1.29 is 5.11 Å². The van der Waals surface area contributed by atoms with Crippen LogP contribution >= 0.6 is 0 Å². The number of aliphatic hydroxyl groups is 1. The van der Waals surface area contributed by atoms with Crippen LogP contribution in [0, 0.1) is 5.92 Å². The first-order valence-corrected chi connectivity index (χ1v) is 9.48. The Morgan fingerprint density at radius 2 is 1.89 bits per heavy atom. The molecule has 1 aromatic carbocycles. The zero-order chi connectivity index (χ0) is 18.2. The Kier molecular flexibility index (Phi) is 4.05. The largest absolute Gasteiger partial charge is 0.396 e. The molecule has 1 saturated carbocycles. The van der Waals surface area contributed by atoms with Crippen LogP contribution in [0.4, 0.5) is 0 Å². The maximum Gasteiger partial charge on any atom is 0.197 e. The molecule has 3 aromatic heterocycles. The van der Waals surface area contributed by atoms with Gasteiger partial charge in [0.2, 0.25) is 0 Å². The minimum absolute atomic E-state index is 0.288. The van der Waals surface area contributed by atoms with Gasteiger partial charge in [0, 0.05) is 29.8 Å². The van der Waals surface area contributed by atoms with Crippen LogP contribution in [0.2, 0.25) is 0 Å². The summed E-state index contributed by atoms with van der Waals surface area (Å²) in [6.45, 7) is 0.288. The number of nitrogens with zero attached hydrogens (tertiary/aromatic N) is 5. The minimum atomic E-state index is 0.288. The molecule has 1 fully saturated rings. The zero-order valence-corrected chi connectivity index (χ0v) is 15.0. The predicted molar refractivity (Wildman–Crippen MR) is 104 cm³/mol. The number of aliphatic hydroxyl groups excluding tert-OH is 1. The lowest BCUT2D eigenvalue weighted by Gasteiger charge is -2.28. The molecule has 4 aromatic rings. The highest BCUT2D eigenvalue weighted by Crippen LogP contribution is 2.34. The van der Waals surface area contributed by atoms with E-state index >= 15 is 0 Å². The van der Waals surface area contributed by atoms with E-state index in [1.54, 1.807) is 12.4 Å². The van der Waals surface area contributed by atoms with Crippen molar-refractivity contribution in [2.45, 2.75) is 31.7 Å². The van der Waals surface area contributed by atoms with Crippen LogP contribution in [0.3, 0.4) is 0 Å². The molecule has 0 unspecified atom stereocenters. The quantitative estimate of drug-likeness (QED) is 0.603. The maximum atomic E-state index is 9.38. The molecule has 1 aliphatic carbocycles. The highest BCUT2D eigenvalue weighted by atomic mass is 16.3. The molecule has 136 valence electrons. The second-order valence-electron chi connectivity index (χ2n) is 7.29. The lowest BCUT2D eigenvalue weighted by atomic mass is 9.86. The van der Waals surface area contributed by atoms with Gasteiger partial charge in [-0.25, -0.2) is 15.0 Å². The molecule has 0 bridgehead atoms. The van der Waals surface area contributed by atoms with E-state index in [9.17, 15) is 5.11 Å². The topological polar surface area (TPSA) is 76.7 Å². The lowest BCUT2D eigenvalue weighted by Crippen LogP contribution is -2.20. The van der Waals surface area contributed by atoms with Crippen LogP contribution in [0.25, 0.3) is 33.5 Å². The average molecular weight is 359 g/mol. The molecule has 6 heteroatoms. The Morgan fingerprint density at radius 3 is 2.74 bits per heavy atom. The molecule has 0 radical (unpaired) electrons. The van der Waals surface area contributed by atoms with Gasteiger partial charge in [0.05, 0.1) is 23.7 Å². The smallest absolute Gasteiger partial charge is 0.197 e. The summed E-state index contributed by atoms with van der Waals surface area (Å²) >= 11 is 0. The molecule has 0 amide bonds. The summed E-state index contributed by atoms with van der Waals surface area (Å²) < 4.78 is 2.17.